The first-order valence-electron chi connectivity index (χ1n) is 7.60. The van der Waals surface area contributed by atoms with Gasteiger partial charge in [-0.05, 0) is 43.1 Å². The molecule has 1 N–H and O–H groups in total. The highest BCUT2D eigenvalue weighted by molar-refractivity contribution is 7.89. The zero-order valence-electron chi connectivity index (χ0n) is 12.6. The van der Waals surface area contributed by atoms with Crippen LogP contribution in [0.15, 0.2) is 30.3 Å². The van der Waals surface area contributed by atoms with Crippen molar-refractivity contribution in [3.05, 3.63) is 35.9 Å². The third-order valence-corrected chi connectivity index (χ3v) is 6.37. The van der Waals surface area contributed by atoms with Crippen molar-refractivity contribution in [1.29, 1.82) is 0 Å². The Kier molecular flexibility index (Phi) is 5.79. The van der Waals surface area contributed by atoms with Gasteiger partial charge in [0, 0.05) is 20.2 Å². The molecule has 0 unspecified atom stereocenters. The fraction of sp³-hybridized carbons (Fsp3) is 0.625. The van der Waals surface area contributed by atoms with Gasteiger partial charge in [0.05, 0.1) is 5.75 Å². The van der Waals surface area contributed by atoms with E-state index in [1.165, 1.54) is 4.31 Å². The molecule has 0 heterocycles. The Balaban J connectivity index is 1.89. The average Bonchev–Trinajstić information content (AvgIpc) is 2.48. The van der Waals surface area contributed by atoms with Crippen LogP contribution in [0.3, 0.4) is 0 Å². The van der Waals surface area contributed by atoms with Gasteiger partial charge in [0.25, 0.3) is 0 Å². The maximum atomic E-state index is 12.4. The second-order valence-corrected chi connectivity index (χ2v) is 8.21. The largest absolute Gasteiger partial charge is 0.396 e. The standard InChI is InChI=1S/C16H25NO3S/c1-17(11-14-5-3-2-4-6-14)21(19,20)13-16-9-7-15(12-18)8-10-16/h2-6,15-16,18H,7-13H2,1H3/t15-,16-. The Labute approximate surface area is 127 Å². The van der Waals surface area contributed by atoms with E-state index >= 15 is 0 Å². The van der Waals surface area contributed by atoms with Crippen LogP contribution in [0.1, 0.15) is 31.2 Å². The highest BCUT2D eigenvalue weighted by Gasteiger charge is 2.27. The number of hydrogen-bond donors (Lipinski definition) is 1. The Morgan fingerprint density at radius 1 is 1.10 bits per heavy atom. The Morgan fingerprint density at radius 2 is 1.67 bits per heavy atom. The van der Waals surface area contributed by atoms with Crippen LogP contribution in [0, 0.1) is 11.8 Å². The number of rotatable bonds is 6. The summed E-state index contributed by atoms with van der Waals surface area (Å²) in [5, 5.41) is 9.14. The van der Waals surface area contributed by atoms with E-state index < -0.39 is 10.0 Å². The van der Waals surface area contributed by atoms with Crippen molar-refractivity contribution >= 4 is 10.0 Å². The lowest BCUT2D eigenvalue weighted by atomic mass is 9.83. The summed E-state index contributed by atoms with van der Waals surface area (Å²) >= 11 is 0. The van der Waals surface area contributed by atoms with Gasteiger partial charge in [-0.3, -0.25) is 0 Å². The molecular weight excluding hydrogens is 286 g/mol. The summed E-state index contributed by atoms with van der Waals surface area (Å²) in [6.45, 7) is 0.655. The van der Waals surface area contributed by atoms with Gasteiger partial charge in [-0.2, -0.15) is 0 Å². The van der Waals surface area contributed by atoms with Crippen LogP contribution in [-0.2, 0) is 16.6 Å². The molecule has 1 aliphatic rings. The van der Waals surface area contributed by atoms with Crippen molar-refractivity contribution in [2.45, 2.75) is 32.2 Å². The lowest BCUT2D eigenvalue weighted by Gasteiger charge is -2.28. The topological polar surface area (TPSA) is 57.6 Å². The SMILES string of the molecule is CN(Cc1ccccc1)S(=O)(=O)C[C@H]1CC[C@H](CO)CC1. The van der Waals surface area contributed by atoms with Crippen LogP contribution in [0.25, 0.3) is 0 Å². The average molecular weight is 311 g/mol. The van der Waals surface area contributed by atoms with Crippen molar-refractivity contribution in [2.24, 2.45) is 11.8 Å². The van der Waals surface area contributed by atoms with Crippen molar-refractivity contribution in [3.63, 3.8) is 0 Å². The Hall–Kier alpha value is -0.910. The molecule has 0 aromatic heterocycles. The Morgan fingerprint density at radius 3 is 2.24 bits per heavy atom. The molecule has 1 aromatic rings. The van der Waals surface area contributed by atoms with Crippen LogP contribution >= 0.6 is 0 Å². The summed E-state index contributed by atoms with van der Waals surface area (Å²) in [5.41, 5.74) is 1.01. The van der Waals surface area contributed by atoms with Gasteiger partial charge in [-0.15, -0.1) is 0 Å². The van der Waals surface area contributed by atoms with Crippen LogP contribution in [0.4, 0.5) is 0 Å². The summed E-state index contributed by atoms with van der Waals surface area (Å²) in [6, 6.07) is 9.66. The fourth-order valence-corrected chi connectivity index (χ4v) is 4.47. The number of benzene rings is 1. The van der Waals surface area contributed by atoms with Crippen molar-refractivity contribution in [2.75, 3.05) is 19.4 Å². The second kappa shape index (κ2) is 7.38. The molecule has 0 atom stereocenters. The first-order chi connectivity index (χ1) is 10.0. The van der Waals surface area contributed by atoms with E-state index in [0.717, 1.165) is 31.2 Å². The van der Waals surface area contributed by atoms with Crippen molar-refractivity contribution in [1.82, 2.24) is 4.31 Å². The molecule has 0 aliphatic heterocycles. The molecule has 1 fully saturated rings. The maximum Gasteiger partial charge on any atom is 0.214 e. The molecule has 1 aromatic carbocycles. The molecule has 5 heteroatoms. The maximum absolute atomic E-state index is 12.4. The monoisotopic (exact) mass is 311 g/mol. The van der Waals surface area contributed by atoms with Crippen LogP contribution < -0.4 is 0 Å². The van der Waals surface area contributed by atoms with E-state index in [2.05, 4.69) is 0 Å². The van der Waals surface area contributed by atoms with Crippen molar-refractivity contribution in [3.8, 4) is 0 Å². The van der Waals surface area contributed by atoms with Crippen molar-refractivity contribution < 1.29 is 13.5 Å². The molecule has 0 bridgehead atoms. The molecule has 0 saturated heterocycles. The van der Waals surface area contributed by atoms with E-state index in [4.69, 9.17) is 5.11 Å². The summed E-state index contributed by atoms with van der Waals surface area (Å²) in [7, 11) is -1.56. The minimum atomic E-state index is -3.21. The van der Waals surface area contributed by atoms with Gasteiger partial charge < -0.3 is 5.11 Å². The summed E-state index contributed by atoms with van der Waals surface area (Å²) in [6.07, 6.45) is 3.70. The van der Waals surface area contributed by atoms with E-state index in [1.54, 1.807) is 7.05 Å². The van der Waals surface area contributed by atoms with Gasteiger partial charge >= 0.3 is 0 Å². The van der Waals surface area contributed by atoms with E-state index in [9.17, 15) is 8.42 Å². The highest BCUT2D eigenvalue weighted by atomic mass is 32.2. The molecule has 0 spiro atoms. The second-order valence-electron chi connectivity index (χ2n) is 6.09. The molecular formula is C16H25NO3S. The number of aliphatic hydroxyl groups excluding tert-OH is 1. The molecule has 118 valence electrons. The number of hydrogen-bond acceptors (Lipinski definition) is 3. The number of sulfonamides is 1. The first-order valence-corrected chi connectivity index (χ1v) is 9.21. The minimum absolute atomic E-state index is 0.230. The van der Waals surface area contributed by atoms with Gasteiger partial charge in [0.1, 0.15) is 0 Å². The minimum Gasteiger partial charge on any atom is -0.396 e. The van der Waals surface area contributed by atoms with E-state index in [-0.39, 0.29) is 18.3 Å². The van der Waals surface area contributed by atoms with Crippen LogP contribution in [0.2, 0.25) is 0 Å². The normalized spacial score (nSPS) is 23.4. The van der Waals surface area contributed by atoms with Gasteiger partial charge in [0.2, 0.25) is 10.0 Å². The Bertz CT molecular complexity index is 522. The zero-order valence-corrected chi connectivity index (χ0v) is 13.4. The molecule has 0 radical (unpaired) electrons. The molecule has 2 rings (SSSR count). The predicted molar refractivity (Wildman–Crippen MR) is 84.2 cm³/mol. The van der Waals surface area contributed by atoms with Gasteiger partial charge in [-0.25, -0.2) is 12.7 Å². The zero-order chi connectivity index (χ0) is 15.3. The lowest BCUT2D eigenvalue weighted by molar-refractivity contribution is 0.172. The number of aliphatic hydroxyl groups is 1. The quantitative estimate of drug-likeness (QED) is 0.876. The molecule has 21 heavy (non-hydrogen) atoms. The fourth-order valence-electron chi connectivity index (χ4n) is 2.94. The van der Waals surface area contributed by atoms with Crippen LogP contribution in [-0.4, -0.2) is 37.2 Å². The summed E-state index contributed by atoms with van der Waals surface area (Å²) < 4.78 is 26.3. The molecule has 4 nitrogen and oxygen atoms in total. The first kappa shape index (κ1) is 16.5. The highest BCUT2D eigenvalue weighted by Crippen LogP contribution is 2.29. The molecule has 0 amide bonds. The predicted octanol–water partition coefficient (Wildman–Crippen LogP) is 2.25. The third-order valence-electron chi connectivity index (χ3n) is 4.39. The van der Waals surface area contributed by atoms with Gasteiger partial charge in [0.15, 0.2) is 0 Å². The van der Waals surface area contributed by atoms with E-state index in [0.29, 0.717) is 12.5 Å². The third kappa shape index (κ3) is 4.80. The van der Waals surface area contributed by atoms with Gasteiger partial charge in [-0.1, -0.05) is 30.3 Å². The smallest absolute Gasteiger partial charge is 0.214 e. The molecule has 1 saturated carbocycles. The van der Waals surface area contributed by atoms with Crippen LogP contribution in [0.5, 0.6) is 0 Å². The summed E-state index contributed by atoms with van der Waals surface area (Å²) in [5.74, 6) is 0.830. The number of nitrogens with zero attached hydrogens (tertiary/aromatic N) is 1. The lowest BCUT2D eigenvalue weighted by Crippen LogP contribution is -2.33. The van der Waals surface area contributed by atoms with E-state index in [1.807, 2.05) is 30.3 Å². The molecule has 1 aliphatic carbocycles. The summed E-state index contributed by atoms with van der Waals surface area (Å²) in [4.78, 5) is 0.